The smallest absolute Gasteiger partial charge is 0.347 e. The van der Waals surface area contributed by atoms with Gasteiger partial charge in [-0.15, -0.1) is 40.8 Å². The van der Waals surface area contributed by atoms with Crippen molar-refractivity contribution in [2.24, 2.45) is 11.5 Å². The topological polar surface area (TPSA) is 272 Å². The Labute approximate surface area is 771 Å². The molecule has 1 aliphatic rings. The summed E-state index contributed by atoms with van der Waals surface area (Å²) in [4.78, 5) is 47.2. The van der Waals surface area contributed by atoms with Gasteiger partial charge in [-0.3, -0.25) is 19.2 Å². The number of nitrogens with one attached hydrogen (secondary N) is 4. The maximum Gasteiger partial charge on any atom is 0.416 e. The first-order valence-electron chi connectivity index (χ1n) is 41.9. The number of nitrogens with zero attached hydrogens (tertiary/aromatic N) is 8. The summed E-state index contributed by atoms with van der Waals surface area (Å²) in [5, 5.41) is 48.4. The van der Waals surface area contributed by atoms with Gasteiger partial charge in [0.25, 0.3) is 0 Å². The number of aryl methyl sites for hydroxylation is 4. The fraction of sp³-hybridized carbons (Fsp3) is 0.312. The molecule has 18 nitrogen and oxygen atoms in total. The summed E-state index contributed by atoms with van der Waals surface area (Å²) in [6, 6.07) is 52.4. The maximum absolute atomic E-state index is 13.7. The first kappa shape index (κ1) is 100. The van der Waals surface area contributed by atoms with E-state index in [1.807, 2.05) is 122 Å². The lowest BCUT2D eigenvalue weighted by Crippen LogP contribution is -2.27. The van der Waals surface area contributed by atoms with Gasteiger partial charge in [-0.1, -0.05) is 217 Å². The van der Waals surface area contributed by atoms with E-state index in [-0.39, 0.29) is 40.1 Å². The molecule has 8 N–H and O–H groups in total. The fourth-order valence-corrected chi connectivity index (χ4v) is 18.3. The van der Waals surface area contributed by atoms with E-state index in [4.69, 9.17) is 23.1 Å². The molecule has 4 unspecified atom stereocenters. The summed E-state index contributed by atoms with van der Waals surface area (Å²) >= 11 is 10.6. The van der Waals surface area contributed by atoms with Crippen molar-refractivity contribution in [2.45, 2.75) is 194 Å². The molecule has 0 saturated heterocycles. The van der Waals surface area contributed by atoms with Gasteiger partial charge in [-0.2, -0.15) is 52.7 Å². The highest BCUT2D eigenvalue weighted by Crippen LogP contribution is 2.44. The van der Waals surface area contributed by atoms with Crippen molar-refractivity contribution in [1.29, 1.82) is 0 Å². The molecular weight excluding hydrogens is 1800 g/mol. The van der Waals surface area contributed by atoms with E-state index in [9.17, 15) is 71.9 Å². The van der Waals surface area contributed by atoms with Gasteiger partial charge in [-0.25, -0.2) is 0 Å². The van der Waals surface area contributed by atoms with Crippen molar-refractivity contribution in [2.75, 3.05) is 0 Å². The Morgan fingerprint density at radius 1 is 0.344 bits per heavy atom. The number of halogens is 13. The Kier molecular flexibility index (Phi) is 34.4. The predicted molar refractivity (Wildman–Crippen MR) is 488 cm³/mol. The maximum atomic E-state index is 13.7. The number of carbonyl (C=O) groups is 4. The molecule has 688 valence electrons. The van der Waals surface area contributed by atoms with E-state index in [0.29, 0.717) is 118 Å². The third-order valence-corrected chi connectivity index (χ3v) is 25.8. The van der Waals surface area contributed by atoms with Gasteiger partial charge in [0, 0.05) is 68.1 Å². The molecule has 0 spiro atoms. The molecule has 0 bridgehead atoms. The minimum absolute atomic E-state index is 0.0361. The van der Waals surface area contributed by atoms with Gasteiger partial charge in [0.15, 0.2) is 0 Å². The molecule has 13 aromatic rings. The number of nitrogens with two attached hydrogens (primary N) is 2. The highest BCUT2D eigenvalue weighted by atomic mass is 35.5. The third kappa shape index (κ3) is 29.2. The Morgan fingerprint density at radius 3 is 0.962 bits per heavy atom. The minimum atomic E-state index is -4.52. The lowest BCUT2D eigenvalue weighted by molar-refractivity contribution is -0.138. The summed E-state index contributed by atoms with van der Waals surface area (Å²) in [5.74, 6) is -0.776. The summed E-state index contributed by atoms with van der Waals surface area (Å²) in [5.41, 5.74) is 21.4. The molecule has 1 saturated carbocycles. The van der Waals surface area contributed by atoms with Crippen LogP contribution in [0.25, 0.3) is 53.4 Å². The van der Waals surface area contributed by atoms with Crippen molar-refractivity contribution in [3.8, 4) is 53.4 Å². The lowest BCUT2D eigenvalue weighted by atomic mass is 9.83. The molecule has 4 heterocycles. The Hall–Kier alpha value is -11.5. The number of hydrogen-bond donors (Lipinski definition) is 6. The number of carbonyl (C=O) groups excluding carboxylic acids is 4. The molecule has 35 heteroatoms. The third-order valence-electron chi connectivity index (χ3n) is 21.2. The van der Waals surface area contributed by atoms with Gasteiger partial charge in [0.1, 0.15) is 40.1 Å². The van der Waals surface area contributed by atoms with Crippen LogP contribution in [-0.2, 0) is 95.5 Å². The van der Waals surface area contributed by atoms with Crippen LogP contribution in [0.4, 0.5) is 52.7 Å². The second kappa shape index (κ2) is 45.1. The van der Waals surface area contributed by atoms with Gasteiger partial charge in [-0.05, 0) is 211 Å². The summed E-state index contributed by atoms with van der Waals surface area (Å²) < 4.78 is 161. The van der Waals surface area contributed by atoms with Crippen LogP contribution in [0.5, 0.6) is 0 Å². The van der Waals surface area contributed by atoms with Crippen LogP contribution in [0.15, 0.2) is 194 Å². The molecule has 131 heavy (non-hydrogen) atoms. The fourth-order valence-electron chi connectivity index (χ4n) is 14.5. The predicted octanol–water partition coefficient (Wildman–Crippen LogP) is 23.6. The number of benzene rings is 9. The first-order valence-corrected chi connectivity index (χ1v) is 45.5. The van der Waals surface area contributed by atoms with Crippen LogP contribution < -0.4 is 32.7 Å². The Balaban J connectivity index is 0.000000169. The van der Waals surface area contributed by atoms with E-state index >= 15 is 0 Å². The van der Waals surface area contributed by atoms with E-state index < -0.39 is 71.1 Å². The molecule has 14 rings (SSSR count). The number of hydrogen-bond acceptors (Lipinski definition) is 18. The lowest BCUT2D eigenvalue weighted by Gasteiger charge is -2.23. The van der Waals surface area contributed by atoms with E-state index in [0.717, 1.165) is 149 Å². The van der Waals surface area contributed by atoms with Crippen molar-refractivity contribution in [3.63, 3.8) is 0 Å². The monoisotopic (exact) mass is 1900 g/mol. The van der Waals surface area contributed by atoms with Crippen LogP contribution in [0.3, 0.4) is 0 Å². The van der Waals surface area contributed by atoms with Crippen molar-refractivity contribution < 1.29 is 71.9 Å². The van der Waals surface area contributed by atoms with Crippen LogP contribution in [0, 0.1) is 13.8 Å². The standard InChI is InChI=1S/C27H25F3N4OS.C26H29F3N4OS.C22H22F3N3OS.C21H19ClF3N3OS/c1-16-3-9-20(10-4-16)21-12-22(14-23(13-21)27(28,29)30)25-33-34-26(36-25)24(32-17(2)35)11-18-5-7-19(15-31)8-6-18;1-16(34)31-23(11-17-7-9-18(15-30)10-8-17)25-33-32-24(35-25)21-12-20(19-5-3-2-4-6-19)13-22(14-21)26(27,28)29;1-4-15-5-7-16(8-6-15)11-19(26-14(3)29)21-28-27-20(30-21)17-9-13(2)10-18(12-17)22(23,24)25;1-3-13-4-6-14(7-5-13)8-18(26-12(2)29)20-28-27-19(30-20)15-9-16(21(23,24)25)11-17(22)10-15/h3-10,12-14,24H,11,15,31H2,1-2H3,(H,32,35);7-10,12-14,19,23H,2-6,11,15,30H2,1H3,(H,31,34);5-10,12,19H,4,11H2,1-3H3,(H,26,29);4-7,9-11,18H,3,8H2,1-2H3,(H,26,29). The van der Waals surface area contributed by atoms with Crippen molar-refractivity contribution in [1.82, 2.24) is 62.1 Å². The molecule has 9 aromatic carbocycles. The minimum Gasteiger partial charge on any atom is -0.347 e. The summed E-state index contributed by atoms with van der Waals surface area (Å²) in [6.45, 7) is 14.2. The van der Waals surface area contributed by atoms with Crippen LogP contribution in [-0.4, -0.2) is 64.4 Å². The zero-order valence-corrected chi connectivity index (χ0v) is 76.5. The SMILES string of the molecule is CC(=O)NC(Cc1ccc(CN)cc1)c1nnc(-c2cc(-c3ccc(C)cc3)cc(C(F)(F)F)c2)s1.CC(=O)NC(Cc1ccc(CN)cc1)c1nnc(-c2cc(C3CCCCC3)cc(C(F)(F)F)c2)s1.CCc1ccc(CC(NC(C)=O)c2nnc(-c3cc(C)cc(C(F)(F)F)c3)s2)cc1.CCc1ccc(CC(NC(C)=O)c2nnc(-c3cc(Cl)cc(C(F)(F)F)c3)s2)cc1. The zero-order chi connectivity index (χ0) is 94.7. The van der Waals surface area contributed by atoms with Crippen LogP contribution in [0.2, 0.25) is 5.02 Å². The normalized spacial score (nSPS) is 13.4. The second-order valence-corrected chi connectivity index (χ2v) is 36.1. The second-order valence-electron chi connectivity index (χ2n) is 31.6. The number of amides is 4. The molecule has 0 radical (unpaired) electrons. The summed E-state index contributed by atoms with van der Waals surface area (Å²) in [7, 11) is 0. The number of alkyl halides is 12. The van der Waals surface area contributed by atoms with Crippen LogP contribution >= 0.6 is 56.9 Å². The average molecular weight is 1900 g/mol. The average Bonchev–Trinajstić information content (AvgIpc) is 1.77. The quantitative estimate of drug-likeness (QED) is 0.0275. The number of aromatic nitrogens is 8. The van der Waals surface area contributed by atoms with Gasteiger partial charge in [0.2, 0.25) is 23.6 Å². The molecule has 1 fully saturated rings. The molecule has 4 atom stereocenters. The van der Waals surface area contributed by atoms with Gasteiger partial charge in [0.05, 0.1) is 46.4 Å². The van der Waals surface area contributed by atoms with Crippen molar-refractivity contribution in [3.05, 3.63) is 303 Å². The van der Waals surface area contributed by atoms with Gasteiger partial charge >= 0.3 is 24.7 Å². The Bertz CT molecular complexity index is 5850. The molecule has 4 amide bonds. The highest BCUT2D eigenvalue weighted by molar-refractivity contribution is 7.15. The van der Waals surface area contributed by atoms with E-state index in [1.54, 1.807) is 31.2 Å². The molecule has 4 aromatic heterocycles. The van der Waals surface area contributed by atoms with Crippen LogP contribution in [0.1, 0.15) is 207 Å². The van der Waals surface area contributed by atoms with Gasteiger partial charge < -0.3 is 32.7 Å². The first-order chi connectivity index (χ1) is 62.1. The molecule has 0 aliphatic heterocycles. The van der Waals surface area contributed by atoms with E-state index in [2.05, 4.69) is 75.9 Å². The largest absolute Gasteiger partial charge is 0.416 e. The van der Waals surface area contributed by atoms with E-state index in [1.165, 1.54) is 73.6 Å². The summed E-state index contributed by atoms with van der Waals surface area (Å²) in [6.07, 6.45) is -9.12. The molecule has 1 aliphatic carbocycles. The van der Waals surface area contributed by atoms with Crippen molar-refractivity contribution >= 4 is 80.6 Å². The number of rotatable bonds is 26. The highest BCUT2D eigenvalue weighted by Gasteiger charge is 2.37. The Morgan fingerprint density at radius 2 is 0.634 bits per heavy atom. The zero-order valence-electron chi connectivity index (χ0n) is 72.5. The molecular formula is C96H95ClF12N14O4S4.